The largest absolute Gasteiger partial charge is 0.480 e. The Morgan fingerprint density at radius 1 is 1.00 bits per heavy atom. The number of hydrogen-bond acceptors (Lipinski definition) is 3. The molecule has 0 aromatic heterocycles. The zero-order valence-corrected chi connectivity index (χ0v) is 7.22. The van der Waals surface area contributed by atoms with E-state index in [1.165, 1.54) is 0 Å². The van der Waals surface area contributed by atoms with Crippen LogP contribution >= 0.6 is 15.2 Å². The molecule has 0 saturated carbocycles. The summed E-state index contributed by atoms with van der Waals surface area (Å²) in [5.74, 6) is -2.23. The normalized spacial score (nSPS) is 13.4. The Kier molecular flexibility index (Phi) is 3.19. The highest BCUT2D eigenvalue weighted by Crippen LogP contribution is 2.59. The second kappa shape index (κ2) is 3.26. The molecule has 0 aliphatic carbocycles. The van der Waals surface area contributed by atoms with Gasteiger partial charge >= 0.3 is 21.2 Å². The Morgan fingerprint density at radius 2 is 1.25 bits per heavy atom. The van der Waals surface area contributed by atoms with Crippen molar-refractivity contribution in [3.05, 3.63) is 0 Å². The summed E-state index contributed by atoms with van der Waals surface area (Å²) in [5, 5.41) is 5.09. The van der Waals surface area contributed by atoms with Crippen LogP contribution in [0.2, 0.25) is 0 Å². The highest BCUT2D eigenvalue weighted by atomic mass is 31.2. The molecule has 8 nitrogen and oxygen atoms in total. The van der Waals surface area contributed by atoms with Crippen LogP contribution in [0.1, 0.15) is 0 Å². The van der Waals surface area contributed by atoms with Gasteiger partial charge in [0.05, 0.1) is 0 Å². The van der Waals surface area contributed by atoms with Crippen LogP contribution in [0, 0.1) is 0 Å². The molecule has 0 radical (unpaired) electrons. The van der Waals surface area contributed by atoms with Crippen LogP contribution in [0.15, 0.2) is 0 Å². The lowest BCUT2D eigenvalue weighted by Gasteiger charge is -2.14. The summed E-state index contributed by atoms with van der Waals surface area (Å²) in [6.07, 6.45) is 0. The van der Waals surface area contributed by atoms with Crippen LogP contribution in [-0.2, 0) is 13.9 Å². The molecule has 0 atom stereocenters. The lowest BCUT2D eigenvalue weighted by atomic mass is 10.8. The third kappa shape index (κ3) is 3.02. The van der Waals surface area contributed by atoms with Gasteiger partial charge in [0.15, 0.2) is 0 Å². The predicted molar refractivity (Wildman–Crippen MR) is 35.5 cm³/mol. The van der Waals surface area contributed by atoms with Gasteiger partial charge in [-0.05, 0) is 0 Å². The van der Waals surface area contributed by atoms with E-state index in [1.54, 1.807) is 0 Å². The third-order valence-electron chi connectivity index (χ3n) is 0.858. The van der Waals surface area contributed by atoms with Crippen molar-refractivity contribution >= 4 is 21.2 Å². The van der Waals surface area contributed by atoms with E-state index in [9.17, 15) is 13.9 Å². The van der Waals surface area contributed by atoms with Gasteiger partial charge in [0.25, 0.3) is 5.40 Å². The van der Waals surface area contributed by atoms with Gasteiger partial charge < -0.3 is 24.7 Å². The van der Waals surface area contributed by atoms with Gasteiger partial charge in [-0.15, -0.1) is 0 Å². The summed E-state index contributed by atoms with van der Waals surface area (Å²) in [4.78, 5) is 42.9. The number of carbonyl (C=O) groups is 1. The van der Waals surface area contributed by atoms with E-state index in [0.29, 0.717) is 0 Å². The molecule has 0 unspecified atom stereocenters. The SMILES string of the molecule is O=C(O)C(P(=O)(O)O)P(=O)(O)O. The first kappa shape index (κ1) is 11.8. The molecule has 0 bridgehead atoms. The molecule has 0 aromatic carbocycles. The molecule has 0 rings (SSSR count). The first-order valence-electron chi connectivity index (χ1n) is 2.40. The van der Waals surface area contributed by atoms with Gasteiger partial charge in [-0.2, -0.15) is 0 Å². The molecular formula is C2H6O8P2. The van der Waals surface area contributed by atoms with E-state index in [1.807, 2.05) is 0 Å². The molecule has 5 N–H and O–H groups in total. The quantitative estimate of drug-likeness (QED) is 0.370. The van der Waals surface area contributed by atoms with Crippen LogP contribution in [0.4, 0.5) is 0 Å². The van der Waals surface area contributed by atoms with E-state index in [2.05, 4.69) is 0 Å². The average molecular weight is 220 g/mol. The fourth-order valence-corrected chi connectivity index (χ4v) is 2.63. The molecule has 0 amide bonds. The molecule has 0 heterocycles. The minimum absolute atomic E-state index is 2.23. The molecule has 10 heteroatoms. The van der Waals surface area contributed by atoms with Crippen LogP contribution < -0.4 is 0 Å². The Balaban J connectivity index is 5.11. The van der Waals surface area contributed by atoms with Crippen molar-refractivity contribution in [1.29, 1.82) is 0 Å². The van der Waals surface area contributed by atoms with Crippen molar-refractivity contribution < 1.29 is 38.6 Å². The highest BCUT2D eigenvalue weighted by molar-refractivity contribution is 7.72. The summed E-state index contributed by atoms with van der Waals surface area (Å²) in [5.41, 5.74) is 0. The third-order valence-corrected chi connectivity index (χ3v) is 4.38. The van der Waals surface area contributed by atoms with Gasteiger partial charge in [-0.3, -0.25) is 13.9 Å². The monoisotopic (exact) mass is 220 g/mol. The van der Waals surface area contributed by atoms with Gasteiger partial charge in [0.1, 0.15) is 0 Å². The summed E-state index contributed by atoms with van der Waals surface area (Å²) in [7, 11) is -10.6. The topological polar surface area (TPSA) is 152 Å². The minimum atomic E-state index is -5.32. The highest BCUT2D eigenvalue weighted by Gasteiger charge is 2.49. The molecule has 0 aliphatic heterocycles. The van der Waals surface area contributed by atoms with Crippen molar-refractivity contribution in [3.63, 3.8) is 0 Å². The predicted octanol–water partition coefficient (Wildman–Crippen LogP) is -1.25. The second-order valence-corrected chi connectivity index (χ2v) is 5.69. The second-order valence-electron chi connectivity index (χ2n) is 1.89. The Morgan fingerprint density at radius 3 is 1.25 bits per heavy atom. The van der Waals surface area contributed by atoms with Gasteiger partial charge in [-0.1, -0.05) is 0 Å². The van der Waals surface area contributed by atoms with Gasteiger partial charge in [0.2, 0.25) is 0 Å². The number of rotatable bonds is 3. The number of carboxylic acid groups (broad SMARTS) is 1. The molecule has 12 heavy (non-hydrogen) atoms. The zero-order chi connectivity index (χ0) is 10.2. The van der Waals surface area contributed by atoms with Crippen molar-refractivity contribution in [1.82, 2.24) is 0 Å². The maximum Gasteiger partial charge on any atom is 0.352 e. The van der Waals surface area contributed by atoms with Crippen molar-refractivity contribution in [2.24, 2.45) is 0 Å². The molecule has 0 aromatic rings. The average Bonchev–Trinajstić information content (AvgIpc) is 1.49. The molecule has 0 saturated heterocycles. The zero-order valence-electron chi connectivity index (χ0n) is 5.43. The van der Waals surface area contributed by atoms with E-state index in [0.717, 1.165) is 0 Å². The van der Waals surface area contributed by atoms with Crippen molar-refractivity contribution in [3.8, 4) is 0 Å². The Labute approximate surface area is 66.2 Å². The summed E-state index contributed by atoms with van der Waals surface area (Å²) < 4.78 is 20.5. The van der Waals surface area contributed by atoms with Crippen LogP contribution in [0.25, 0.3) is 0 Å². The van der Waals surface area contributed by atoms with Crippen molar-refractivity contribution in [2.75, 3.05) is 0 Å². The Hall–Kier alpha value is -0.230. The fraction of sp³-hybridized carbons (Fsp3) is 0.500. The lowest BCUT2D eigenvalue weighted by Crippen LogP contribution is -2.20. The minimum Gasteiger partial charge on any atom is -0.480 e. The van der Waals surface area contributed by atoms with Crippen LogP contribution in [0.3, 0.4) is 0 Å². The van der Waals surface area contributed by atoms with Crippen LogP contribution in [0.5, 0.6) is 0 Å². The number of carboxylic acids is 1. The Bertz CT molecular complexity index is 247. The van der Waals surface area contributed by atoms with E-state index < -0.39 is 26.6 Å². The van der Waals surface area contributed by atoms with Gasteiger partial charge in [-0.25, -0.2) is 0 Å². The van der Waals surface area contributed by atoms with E-state index in [-0.39, 0.29) is 0 Å². The summed E-state index contributed by atoms with van der Waals surface area (Å²) in [6, 6.07) is 0. The maximum absolute atomic E-state index is 10.2. The molecule has 72 valence electrons. The maximum atomic E-state index is 10.2. The molecular weight excluding hydrogens is 214 g/mol. The molecule has 0 fully saturated rings. The van der Waals surface area contributed by atoms with Gasteiger partial charge in [0, 0.05) is 0 Å². The molecule has 0 aliphatic rings. The lowest BCUT2D eigenvalue weighted by molar-refractivity contribution is -0.135. The first-order valence-corrected chi connectivity index (χ1v) is 5.76. The summed E-state index contributed by atoms with van der Waals surface area (Å²) >= 11 is 0. The first-order chi connectivity index (χ1) is 5.07. The number of hydrogen-bond donors (Lipinski definition) is 5. The van der Waals surface area contributed by atoms with Crippen molar-refractivity contribution in [2.45, 2.75) is 5.40 Å². The standard InChI is InChI=1S/C2H6O8P2/c3-1(4)2(11(5,6)7)12(8,9)10/h2H,(H,3,4)(H2,5,6,7)(H2,8,9,10). The fourth-order valence-electron chi connectivity index (χ4n) is 0.484. The molecule has 0 spiro atoms. The van der Waals surface area contributed by atoms with E-state index in [4.69, 9.17) is 24.7 Å². The van der Waals surface area contributed by atoms with E-state index >= 15 is 0 Å². The summed E-state index contributed by atoms with van der Waals surface area (Å²) in [6.45, 7) is 0. The smallest absolute Gasteiger partial charge is 0.352 e. The van der Waals surface area contributed by atoms with Crippen LogP contribution in [-0.4, -0.2) is 36.0 Å². The number of aliphatic carboxylic acids is 1.